The minimum absolute atomic E-state index is 0.0483. The zero-order valence-electron chi connectivity index (χ0n) is 19.8. The van der Waals surface area contributed by atoms with Crippen molar-refractivity contribution in [3.8, 4) is 17.1 Å². The summed E-state index contributed by atoms with van der Waals surface area (Å²) in [6, 6.07) is 17.8. The van der Waals surface area contributed by atoms with Gasteiger partial charge in [0.25, 0.3) is 0 Å². The smallest absolute Gasteiger partial charge is 0.141 e. The molecule has 166 valence electrons. The molecule has 0 unspecified atom stereocenters. The Balaban J connectivity index is 1.78. The standard InChI is InChI=1S/C26H36N2O2Si/c1-26(2,3)23-18-22(12-13-24(23)30-19-21-10-8-7-9-11-21)25-27-14-15-28(25)20-29-16-17-31(4,5)6/h7-15,18H,16-17,19-20H2,1-6H3. The van der Waals surface area contributed by atoms with E-state index in [0.717, 1.165) is 29.3 Å². The van der Waals surface area contributed by atoms with Crippen molar-refractivity contribution >= 4 is 8.07 Å². The van der Waals surface area contributed by atoms with Crippen LogP contribution in [0.25, 0.3) is 11.4 Å². The topological polar surface area (TPSA) is 36.3 Å². The lowest BCUT2D eigenvalue weighted by Crippen LogP contribution is -2.22. The van der Waals surface area contributed by atoms with Crippen molar-refractivity contribution in [3.05, 3.63) is 72.1 Å². The summed E-state index contributed by atoms with van der Waals surface area (Å²) in [4.78, 5) is 4.61. The molecule has 31 heavy (non-hydrogen) atoms. The molecule has 3 aromatic rings. The van der Waals surface area contributed by atoms with Gasteiger partial charge in [0.15, 0.2) is 0 Å². The van der Waals surface area contributed by atoms with Crippen LogP contribution in [-0.2, 0) is 23.5 Å². The van der Waals surface area contributed by atoms with Crippen molar-refractivity contribution in [3.63, 3.8) is 0 Å². The fourth-order valence-corrected chi connectivity index (χ4v) is 4.09. The van der Waals surface area contributed by atoms with Gasteiger partial charge in [0.05, 0.1) is 0 Å². The van der Waals surface area contributed by atoms with E-state index >= 15 is 0 Å². The highest BCUT2D eigenvalue weighted by Gasteiger charge is 2.21. The highest BCUT2D eigenvalue weighted by Crippen LogP contribution is 2.35. The summed E-state index contributed by atoms with van der Waals surface area (Å²) < 4.78 is 14.3. The molecule has 0 aliphatic rings. The van der Waals surface area contributed by atoms with E-state index in [1.54, 1.807) is 0 Å². The average molecular weight is 437 g/mol. The first-order valence-electron chi connectivity index (χ1n) is 11.0. The van der Waals surface area contributed by atoms with Crippen molar-refractivity contribution < 1.29 is 9.47 Å². The van der Waals surface area contributed by atoms with Gasteiger partial charge < -0.3 is 14.0 Å². The molecule has 0 saturated carbocycles. The second-order valence-corrected chi connectivity index (χ2v) is 15.9. The molecule has 4 nitrogen and oxygen atoms in total. The van der Waals surface area contributed by atoms with E-state index in [-0.39, 0.29) is 5.41 Å². The van der Waals surface area contributed by atoms with Crippen LogP contribution in [-0.4, -0.2) is 24.2 Å². The Hall–Kier alpha value is -2.37. The van der Waals surface area contributed by atoms with Gasteiger partial charge >= 0.3 is 0 Å². The van der Waals surface area contributed by atoms with Crippen LogP contribution in [0.3, 0.4) is 0 Å². The number of hydrogen-bond acceptors (Lipinski definition) is 3. The van der Waals surface area contributed by atoms with E-state index in [2.05, 4.69) is 80.3 Å². The molecule has 0 fully saturated rings. The molecule has 0 atom stereocenters. The van der Waals surface area contributed by atoms with Gasteiger partial charge in [-0.25, -0.2) is 4.98 Å². The van der Waals surface area contributed by atoms with Gasteiger partial charge in [-0.15, -0.1) is 0 Å². The third kappa shape index (κ3) is 6.81. The summed E-state index contributed by atoms with van der Waals surface area (Å²) in [5.74, 6) is 1.85. The summed E-state index contributed by atoms with van der Waals surface area (Å²) in [5, 5.41) is 0. The monoisotopic (exact) mass is 436 g/mol. The van der Waals surface area contributed by atoms with E-state index < -0.39 is 8.07 Å². The van der Waals surface area contributed by atoms with Crippen LogP contribution < -0.4 is 4.74 Å². The maximum Gasteiger partial charge on any atom is 0.141 e. The van der Waals surface area contributed by atoms with E-state index in [9.17, 15) is 0 Å². The van der Waals surface area contributed by atoms with Gasteiger partial charge in [-0.1, -0.05) is 70.7 Å². The second kappa shape index (κ2) is 9.84. The number of aromatic nitrogens is 2. The molecular formula is C26H36N2O2Si. The molecule has 0 aliphatic carbocycles. The Bertz CT molecular complexity index is 969. The first-order chi connectivity index (χ1) is 14.6. The third-order valence-corrected chi connectivity index (χ3v) is 6.93. The minimum atomic E-state index is -1.09. The quantitative estimate of drug-likeness (QED) is 0.275. The average Bonchev–Trinajstić information content (AvgIpc) is 3.17. The van der Waals surface area contributed by atoms with Crippen LogP contribution in [0.15, 0.2) is 60.9 Å². The van der Waals surface area contributed by atoms with Gasteiger partial charge in [0, 0.05) is 38.2 Å². The highest BCUT2D eigenvalue weighted by molar-refractivity contribution is 6.76. The molecule has 3 rings (SSSR count). The van der Waals surface area contributed by atoms with Gasteiger partial charge in [-0.3, -0.25) is 0 Å². The molecule has 0 spiro atoms. The van der Waals surface area contributed by atoms with E-state index in [1.807, 2.05) is 30.6 Å². The predicted octanol–water partition coefficient (Wildman–Crippen LogP) is 6.74. The van der Waals surface area contributed by atoms with Gasteiger partial charge in [-0.2, -0.15) is 0 Å². The maximum atomic E-state index is 6.22. The molecule has 0 aliphatic heterocycles. The van der Waals surface area contributed by atoms with E-state index in [4.69, 9.17) is 9.47 Å². The van der Waals surface area contributed by atoms with Crippen molar-refractivity contribution in [1.29, 1.82) is 0 Å². The predicted molar refractivity (Wildman–Crippen MR) is 131 cm³/mol. The Morgan fingerprint density at radius 3 is 2.42 bits per heavy atom. The van der Waals surface area contributed by atoms with E-state index in [1.165, 1.54) is 11.6 Å². The summed E-state index contributed by atoms with van der Waals surface area (Å²) in [6.07, 6.45) is 3.83. The highest BCUT2D eigenvalue weighted by atomic mass is 28.3. The first-order valence-corrected chi connectivity index (χ1v) is 14.7. The Morgan fingerprint density at radius 1 is 1.00 bits per heavy atom. The zero-order chi connectivity index (χ0) is 22.5. The Labute approximate surface area is 188 Å². The summed E-state index contributed by atoms with van der Waals surface area (Å²) in [7, 11) is -1.09. The SMILES string of the molecule is CC(C)(C)c1cc(-c2nccn2COCC[Si](C)(C)C)ccc1OCc1ccccc1. The van der Waals surface area contributed by atoms with Crippen molar-refractivity contribution in [2.45, 2.75) is 65.2 Å². The fourth-order valence-electron chi connectivity index (χ4n) is 3.33. The molecule has 1 heterocycles. The van der Waals surface area contributed by atoms with Crippen LogP contribution in [0, 0.1) is 0 Å². The van der Waals surface area contributed by atoms with Crippen molar-refractivity contribution in [2.75, 3.05) is 6.61 Å². The van der Waals surface area contributed by atoms with Crippen molar-refractivity contribution in [1.82, 2.24) is 9.55 Å². The molecular weight excluding hydrogens is 400 g/mol. The van der Waals surface area contributed by atoms with E-state index in [0.29, 0.717) is 13.3 Å². The van der Waals surface area contributed by atoms with Crippen LogP contribution in [0.1, 0.15) is 31.9 Å². The molecule has 0 radical (unpaired) electrons. The number of ether oxygens (including phenoxy) is 2. The zero-order valence-corrected chi connectivity index (χ0v) is 20.8. The molecule has 2 aromatic carbocycles. The first kappa shape index (κ1) is 23.3. The lowest BCUT2D eigenvalue weighted by Gasteiger charge is -2.24. The summed E-state index contributed by atoms with van der Waals surface area (Å²) in [5.41, 5.74) is 3.37. The second-order valence-electron chi connectivity index (χ2n) is 10.3. The number of nitrogens with zero attached hydrogens (tertiary/aromatic N) is 2. The molecule has 0 saturated heterocycles. The Morgan fingerprint density at radius 2 is 1.74 bits per heavy atom. The summed E-state index contributed by atoms with van der Waals surface area (Å²) >= 11 is 0. The molecule has 0 bridgehead atoms. The largest absolute Gasteiger partial charge is 0.489 e. The van der Waals surface area contributed by atoms with Crippen LogP contribution >= 0.6 is 0 Å². The minimum Gasteiger partial charge on any atom is -0.489 e. The lowest BCUT2D eigenvalue weighted by atomic mass is 9.85. The molecule has 0 amide bonds. The van der Waals surface area contributed by atoms with Gasteiger partial charge in [0.2, 0.25) is 0 Å². The van der Waals surface area contributed by atoms with Crippen LogP contribution in [0.4, 0.5) is 0 Å². The van der Waals surface area contributed by atoms with Crippen LogP contribution in [0.2, 0.25) is 25.7 Å². The lowest BCUT2D eigenvalue weighted by molar-refractivity contribution is 0.0883. The number of benzene rings is 2. The number of imidazole rings is 1. The number of rotatable bonds is 9. The molecule has 1 aromatic heterocycles. The van der Waals surface area contributed by atoms with Crippen LogP contribution in [0.5, 0.6) is 5.75 Å². The Kier molecular flexibility index (Phi) is 7.39. The van der Waals surface area contributed by atoms with Gasteiger partial charge in [-0.05, 0) is 35.2 Å². The van der Waals surface area contributed by atoms with Crippen molar-refractivity contribution in [2.24, 2.45) is 0 Å². The van der Waals surface area contributed by atoms with Gasteiger partial charge in [0.1, 0.15) is 24.9 Å². The fraction of sp³-hybridized carbons (Fsp3) is 0.423. The number of hydrogen-bond donors (Lipinski definition) is 0. The molecule has 0 N–H and O–H groups in total. The maximum absolute atomic E-state index is 6.22. The third-order valence-electron chi connectivity index (χ3n) is 5.23. The summed E-state index contributed by atoms with van der Waals surface area (Å²) in [6.45, 7) is 15.6. The normalized spacial score (nSPS) is 12.2. The molecule has 5 heteroatoms.